The summed E-state index contributed by atoms with van der Waals surface area (Å²) in [6, 6.07) is 5.45. The molecule has 0 radical (unpaired) electrons. The fourth-order valence-corrected chi connectivity index (χ4v) is 3.80. The number of carbonyl (C=O) groups is 2. The zero-order chi connectivity index (χ0) is 19.2. The lowest BCUT2D eigenvalue weighted by Crippen LogP contribution is -2.40. The van der Waals surface area contributed by atoms with Crippen LogP contribution in [-0.4, -0.2) is 59.6 Å². The predicted molar refractivity (Wildman–Crippen MR) is 89.8 cm³/mol. The van der Waals surface area contributed by atoms with E-state index in [1.165, 1.54) is 31.3 Å². The maximum atomic E-state index is 12.5. The van der Waals surface area contributed by atoms with E-state index in [4.69, 9.17) is 5.11 Å². The lowest BCUT2D eigenvalue weighted by atomic mass is 9.82. The van der Waals surface area contributed by atoms with Gasteiger partial charge in [0.25, 0.3) is 5.91 Å². The van der Waals surface area contributed by atoms with E-state index in [9.17, 15) is 23.1 Å². The topological polar surface area (TPSA) is 124 Å². The van der Waals surface area contributed by atoms with Crippen LogP contribution in [0.3, 0.4) is 0 Å². The van der Waals surface area contributed by atoms with Crippen LogP contribution >= 0.6 is 0 Å². The number of sulfone groups is 1. The Balaban J connectivity index is 2.47. The summed E-state index contributed by atoms with van der Waals surface area (Å²) in [4.78, 5) is 23.3. The molecule has 2 N–H and O–H groups in total. The van der Waals surface area contributed by atoms with Gasteiger partial charge in [0.15, 0.2) is 14.6 Å². The zero-order valence-electron chi connectivity index (χ0n) is 14.3. The Hall–Kier alpha value is -2.26. The Labute approximate surface area is 145 Å². The van der Waals surface area contributed by atoms with E-state index in [-0.39, 0.29) is 10.8 Å². The van der Waals surface area contributed by atoms with E-state index in [0.717, 1.165) is 18.9 Å². The third kappa shape index (κ3) is 2.73. The van der Waals surface area contributed by atoms with Crippen LogP contribution in [0.4, 0.5) is 0 Å². The second-order valence-corrected chi connectivity index (χ2v) is 9.11. The van der Waals surface area contributed by atoms with Gasteiger partial charge in [-0.1, -0.05) is 12.1 Å². The molecule has 1 atom stereocenters. The van der Waals surface area contributed by atoms with Gasteiger partial charge in [-0.05, 0) is 38.5 Å². The van der Waals surface area contributed by atoms with Gasteiger partial charge in [-0.15, -0.1) is 0 Å². The van der Waals surface area contributed by atoms with E-state index in [0.29, 0.717) is 11.3 Å². The summed E-state index contributed by atoms with van der Waals surface area (Å²) in [7, 11) is -2.63. The van der Waals surface area contributed by atoms with Crippen molar-refractivity contribution in [2.75, 3.05) is 13.7 Å². The molecular formula is C16H20N2O6S. The number of hydrogen-bond donors (Lipinski definition) is 2. The van der Waals surface area contributed by atoms with Crippen LogP contribution in [0.15, 0.2) is 34.3 Å². The van der Waals surface area contributed by atoms with Crippen LogP contribution in [-0.2, 0) is 19.4 Å². The summed E-state index contributed by atoms with van der Waals surface area (Å²) in [5.74, 6) is -1.81. The summed E-state index contributed by atoms with van der Waals surface area (Å²) >= 11 is 0. The average molecular weight is 368 g/mol. The highest BCUT2D eigenvalue weighted by atomic mass is 32.2. The Morgan fingerprint density at radius 3 is 2.24 bits per heavy atom. The minimum atomic E-state index is -4.10. The van der Waals surface area contributed by atoms with Crippen LogP contribution in [0, 0.1) is 5.41 Å². The number of aliphatic carboxylic acids is 1. The number of hydrazone groups is 1. The molecule has 1 aliphatic heterocycles. The Kier molecular flexibility index (Phi) is 4.52. The normalized spacial score (nSPS) is 21.4. The van der Waals surface area contributed by atoms with Crippen LogP contribution < -0.4 is 0 Å². The molecule has 0 aliphatic carbocycles. The molecular weight excluding hydrogens is 348 g/mol. The number of nitrogens with zero attached hydrogens (tertiary/aromatic N) is 2. The fraction of sp³-hybridized carbons (Fsp3) is 0.438. The number of aliphatic hydroxyl groups is 1. The molecule has 1 unspecified atom stereocenters. The SMILES string of the molecule is CN1N=C(c2ccc(S(=O)(=O)C(C)(C)C(=O)O)cc2)C(C)(CO)C1=O. The average Bonchev–Trinajstić information content (AvgIpc) is 2.79. The van der Waals surface area contributed by atoms with E-state index in [1.54, 1.807) is 6.92 Å². The largest absolute Gasteiger partial charge is 0.480 e. The first-order valence-corrected chi connectivity index (χ1v) is 8.94. The highest BCUT2D eigenvalue weighted by Crippen LogP contribution is 2.32. The molecule has 1 heterocycles. The minimum Gasteiger partial charge on any atom is -0.480 e. The Morgan fingerprint density at radius 2 is 1.80 bits per heavy atom. The van der Waals surface area contributed by atoms with E-state index >= 15 is 0 Å². The molecule has 2 rings (SSSR count). The first-order valence-electron chi connectivity index (χ1n) is 7.46. The van der Waals surface area contributed by atoms with Gasteiger partial charge >= 0.3 is 5.97 Å². The lowest BCUT2D eigenvalue weighted by molar-refractivity contribution is -0.139. The number of hydrogen-bond acceptors (Lipinski definition) is 6. The summed E-state index contributed by atoms with van der Waals surface area (Å²) in [6.07, 6.45) is 0. The van der Waals surface area contributed by atoms with Gasteiger partial charge in [-0.25, -0.2) is 13.4 Å². The summed E-state index contributed by atoms with van der Waals surface area (Å²) in [5, 5.41) is 24.0. The maximum absolute atomic E-state index is 12.5. The molecule has 0 saturated heterocycles. The summed E-state index contributed by atoms with van der Waals surface area (Å²) < 4.78 is 23.0. The third-order valence-corrected chi connectivity index (χ3v) is 6.89. The van der Waals surface area contributed by atoms with Crippen molar-refractivity contribution in [3.63, 3.8) is 0 Å². The Morgan fingerprint density at radius 1 is 1.28 bits per heavy atom. The van der Waals surface area contributed by atoms with E-state index < -0.39 is 32.6 Å². The number of carbonyl (C=O) groups excluding carboxylic acids is 1. The van der Waals surface area contributed by atoms with Crippen LogP contribution in [0.2, 0.25) is 0 Å². The molecule has 136 valence electrons. The number of carboxylic acids is 1. The van der Waals surface area contributed by atoms with E-state index in [1.807, 2.05) is 0 Å². The van der Waals surface area contributed by atoms with Crippen molar-refractivity contribution < 1.29 is 28.2 Å². The smallest absolute Gasteiger partial charge is 0.324 e. The van der Waals surface area contributed by atoms with Crippen molar-refractivity contribution >= 4 is 27.4 Å². The molecule has 0 aromatic heterocycles. The molecule has 0 bridgehead atoms. The monoisotopic (exact) mass is 368 g/mol. The molecule has 9 heteroatoms. The second kappa shape index (κ2) is 5.92. The Bertz CT molecular complexity index is 857. The van der Waals surface area contributed by atoms with Crippen molar-refractivity contribution in [3.8, 4) is 0 Å². The van der Waals surface area contributed by atoms with Crippen molar-refractivity contribution in [1.29, 1.82) is 0 Å². The first kappa shape index (κ1) is 19.1. The van der Waals surface area contributed by atoms with Gasteiger partial charge in [0, 0.05) is 7.05 Å². The van der Waals surface area contributed by atoms with Gasteiger partial charge in [0.2, 0.25) is 0 Å². The third-order valence-electron chi connectivity index (χ3n) is 4.48. The van der Waals surface area contributed by atoms with Gasteiger partial charge in [-0.2, -0.15) is 5.10 Å². The molecule has 1 amide bonds. The van der Waals surface area contributed by atoms with Crippen molar-refractivity contribution in [1.82, 2.24) is 5.01 Å². The van der Waals surface area contributed by atoms with Crippen molar-refractivity contribution in [3.05, 3.63) is 29.8 Å². The van der Waals surface area contributed by atoms with Gasteiger partial charge in [0.05, 0.1) is 17.2 Å². The van der Waals surface area contributed by atoms with E-state index in [2.05, 4.69) is 5.10 Å². The first-order chi connectivity index (χ1) is 11.4. The molecule has 0 saturated carbocycles. The highest BCUT2D eigenvalue weighted by molar-refractivity contribution is 7.93. The van der Waals surface area contributed by atoms with Crippen molar-refractivity contribution in [2.45, 2.75) is 30.4 Å². The standard InChI is InChI=1S/C16H20N2O6S/c1-15(2,14(21)22)25(23,24)11-7-5-10(6-8-11)12-16(3,9-19)13(20)18(4)17-12/h5-8,19H,9H2,1-4H3,(H,21,22). The molecule has 0 fully saturated rings. The zero-order valence-corrected chi connectivity index (χ0v) is 15.2. The predicted octanol–water partition coefficient (Wildman–Crippen LogP) is 0.498. The van der Waals surface area contributed by atoms with Crippen LogP contribution in [0.1, 0.15) is 26.3 Å². The second-order valence-electron chi connectivity index (χ2n) is 6.61. The number of benzene rings is 1. The number of rotatable bonds is 5. The number of amides is 1. The molecule has 1 aromatic carbocycles. The molecule has 1 aromatic rings. The summed E-state index contributed by atoms with van der Waals surface area (Å²) in [6.45, 7) is 3.35. The lowest BCUT2D eigenvalue weighted by Gasteiger charge is -2.22. The molecule has 8 nitrogen and oxygen atoms in total. The quantitative estimate of drug-likeness (QED) is 0.780. The fourth-order valence-electron chi connectivity index (χ4n) is 2.48. The molecule has 25 heavy (non-hydrogen) atoms. The highest BCUT2D eigenvalue weighted by Gasteiger charge is 2.47. The maximum Gasteiger partial charge on any atom is 0.324 e. The van der Waals surface area contributed by atoms with Crippen molar-refractivity contribution in [2.24, 2.45) is 10.5 Å². The van der Waals surface area contributed by atoms with Gasteiger partial charge in [-0.3, -0.25) is 9.59 Å². The van der Waals surface area contributed by atoms with Gasteiger partial charge in [0.1, 0.15) is 5.41 Å². The number of aliphatic hydroxyl groups excluding tert-OH is 1. The number of carboxylic acid groups (broad SMARTS) is 1. The van der Waals surface area contributed by atoms with Crippen LogP contribution in [0.25, 0.3) is 0 Å². The van der Waals surface area contributed by atoms with Gasteiger partial charge < -0.3 is 10.2 Å². The minimum absolute atomic E-state index is 0.146. The molecule has 1 aliphatic rings. The van der Waals surface area contributed by atoms with Crippen LogP contribution in [0.5, 0.6) is 0 Å². The summed E-state index contributed by atoms with van der Waals surface area (Å²) in [5.41, 5.74) is -0.416. The molecule has 0 spiro atoms.